The summed E-state index contributed by atoms with van der Waals surface area (Å²) in [7, 11) is 1.28. The van der Waals surface area contributed by atoms with E-state index in [2.05, 4.69) is 71.0 Å². The predicted molar refractivity (Wildman–Crippen MR) is 221 cm³/mol. The third-order valence-corrected chi connectivity index (χ3v) is 11.5. The maximum Gasteiger partial charge on any atom is 0.410 e. The zero-order chi connectivity index (χ0) is 40.8. The molecule has 0 unspecified atom stereocenters. The Balaban J connectivity index is 0.946. The first kappa shape index (κ1) is 39.3. The smallest absolute Gasteiger partial charge is 0.410 e. The number of aromatic nitrogens is 2. The minimum absolute atomic E-state index is 0.0307. The van der Waals surface area contributed by atoms with E-state index in [1.807, 2.05) is 45.7 Å². The second kappa shape index (κ2) is 15.7. The zero-order valence-corrected chi connectivity index (χ0v) is 34.0. The van der Waals surface area contributed by atoms with E-state index in [0.29, 0.717) is 38.4 Å². The Hall–Kier alpha value is -5.53. The molecule has 1 spiro atoms. The molecule has 2 N–H and O–H groups in total. The number of likely N-dealkylation sites (tertiary alicyclic amines) is 2. The van der Waals surface area contributed by atoms with Crippen LogP contribution in [0.25, 0.3) is 38.7 Å². The summed E-state index contributed by atoms with van der Waals surface area (Å²) >= 11 is 0. The van der Waals surface area contributed by atoms with Crippen LogP contribution in [0.5, 0.6) is 0 Å². The number of methoxy groups -OCH3 is 1. The Morgan fingerprint density at radius 2 is 1.59 bits per heavy atom. The molecule has 0 saturated carbocycles. The molecule has 8 rings (SSSR count). The molecule has 3 amide bonds. The van der Waals surface area contributed by atoms with Gasteiger partial charge in [-0.15, -0.1) is 0 Å². The number of nitrogens with zero attached hydrogens (tertiary/aromatic N) is 4. The van der Waals surface area contributed by atoms with Crippen LogP contribution in [0.15, 0.2) is 78.1 Å². The Labute approximate surface area is 338 Å². The Bertz CT molecular complexity index is 2270. The lowest BCUT2D eigenvalue weighted by Crippen LogP contribution is -2.52. The van der Waals surface area contributed by atoms with Crippen LogP contribution in [0.4, 0.5) is 9.59 Å². The maximum atomic E-state index is 14.0. The van der Waals surface area contributed by atoms with E-state index in [1.54, 1.807) is 11.1 Å². The highest BCUT2D eigenvalue weighted by molar-refractivity contribution is 6.03. The van der Waals surface area contributed by atoms with Crippen molar-refractivity contribution in [3.63, 3.8) is 0 Å². The standard InChI is InChI=1S/C45H52N6O7/c1-27(2)39(49-42(53)55-6)41(52)51-26-45(56-18-19-57-45)23-38(51)40-47-25-36(48-40)29-11-9-28(10-12-29)30-13-14-32-21-33(16-15-31(32)20-30)34-22-35(46-24-34)37-8-7-17-50(37)43(54)58-44(3,4)5/h9-16,20-21,24-25,27,37-39H,7-8,17-19,22-23,26H2,1-6H3,(H,47,48)(H,49,53)/t37-,38-,39-/m0/s1. The number of nitrogens with one attached hydrogen (secondary N) is 2. The summed E-state index contributed by atoms with van der Waals surface area (Å²) in [4.78, 5) is 55.6. The summed E-state index contributed by atoms with van der Waals surface area (Å²) in [6, 6.07) is 20.1. The highest BCUT2D eigenvalue weighted by Gasteiger charge is 2.52. The molecule has 13 heteroatoms. The van der Waals surface area contributed by atoms with Crippen molar-refractivity contribution in [2.45, 2.75) is 89.8 Å². The monoisotopic (exact) mass is 788 g/mol. The maximum absolute atomic E-state index is 14.0. The van der Waals surface area contributed by atoms with E-state index in [-0.39, 0.29) is 30.5 Å². The summed E-state index contributed by atoms with van der Waals surface area (Å²) in [5, 5.41) is 4.98. The van der Waals surface area contributed by atoms with E-state index in [4.69, 9.17) is 28.9 Å². The summed E-state index contributed by atoms with van der Waals surface area (Å²) in [6.45, 7) is 11.3. The second-order valence-electron chi connectivity index (χ2n) is 17.0. The second-order valence-corrected chi connectivity index (χ2v) is 17.0. The number of benzene rings is 3. The van der Waals surface area contributed by atoms with Crippen LogP contribution in [0.3, 0.4) is 0 Å². The number of amides is 3. The van der Waals surface area contributed by atoms with Crippen LogP contribution >= 0.6 is 0 Å². The third kappa shape index (κ3) is 7.97. The number of hydrogen-bond donors (Lipinski definition) is 2. The number of imidazole rings is 1. The Morgan fingerprint density at radius 3 is 2.28 bits per heavy atom. The minimum Gasteiger partial charge on any atom is -0.453 e. The number of carbonyl (C=O) groups excluding carboxylic acids is 3. The first-order valence-electron chi connectivity index (χ1n) is 20.2. The summed E-state index contributed by atoms with van der Waals surface area (Å²) in [5.74, 6) is -0.727. The van der Waals surface area contributed by atoms with Gasteiger partial charge in [-0.1, -0.05) is 62.4 Å². The average Bonchev–Trinajstić information content (AvgIpc) is 4.06. The van der Waals surface area contributed by atoms with Gasteiger partial charge in [0.15, 0.2) is 5.79 Å². The van der Waals surface area contributed by atoms with Gasteiger partial charge in [0.05, 0.1) is 50.8 Å². The van der Waals surface area contributed by atoms with Crippen LogP contribution in [-0.2, 0) is 23.7 Å². The molecule has 3 saturated heterocycles. The fourth-order valence-corrected chi connectivity index (χ4v) is 8.50. The molecule has 5 heterocycles. The lowest BCUT2D eigenvalue weighted by atomic mass is 9.95. The van der Waals surface area contributed by atoms with Gasteiger partial charge in [-0.05, 0) is 90.3 Å². The summed E-state index contributed by atoms with van der Waals surface area (Å²) < 4.78 is 22.5. The average molecular weight is 789 g/mol. The predicted octanol–water partition coefficient (Wildman–Crippen LogP) is 7.88. The van der Waals surface area contributed by atoms with Gasteiger partial charge in [0.1, 0.15) is 17.5 Å². The first-order chi connectivity index (χ1) is 27.8. The number of alkyl carbamates (subject to hydrolysis) is 1. The molecule has 3 aromatic carbocycles. The number of aromatic amines is 1. The SMILES string of the molecule is COC(=O)N[C@H](C(=O)N1CC2(C[C@H]1c1ncc(-c3ccc(-c4ccc5cc(C6=CN=C([C@@H]7CCCN7C(=O)OC(C)(C)C)C6)ccc5c4)cc3)[nH]1)OCCO2)C(C)C. The lowest BCUT2D eigenvalue weighted by Gasteiger charge is -2.30. The van der Waals surface area contributed by atoms with Crippen molar-refractivity contribution < 1.29 is 33.3 Å². The molecule has 4 aliphatic heterocycles. The van der Waals surface area contributed by atoms with Crippen molar-refractivity contribution in [2.24, 2.45) is 10.9 Å². The Kier molecular flexibility index (Phi) is 10.6. The normalized spacial score (nSPS) is 20.8. The van der Waals surface area contributed by atoms with Gasteiger partial charge in [-0.2, -0.15) is 0 Å². The Morgan fingerprint density at radius 1 is 0.914 bits per heavy atom. The summed E-state index contributed by atoms with van der Waals surface area (Å²) in [6.07, 6.45) is 5.77. The molecule has 1 aromatic heterocycles. The molecule has 58 heavy (non-hydrogen) atoms. The zero-order valence-electron chi connectivity index (χ0n) is 34.0. The molecule has 13 nitrogen and oxygen atoms in total. The van der Waals surface area contributed by atoms with Gasteiger partial charge >= 0.3 is 12.2 Å². The number of carbonyl (C=O) groups is 3. The fourth-order valence-electron chi connectivity index (χ4n) is 8.50. The van der Waals surface area contributed by atoms with Crippen LogP contribution < -0.4 is 5.32 Å². The van der Waals surface area contributed by atoms with Crippen molar-refractivity contribution in [1.82, 2.24) is 25.1 Å². The van der Waals surface area contributed by atoms with E-state index >= 15 is 0 Å². The van der Waals surface area contributed by atoms with E-state index in [0.717, 1.165) is 62.8 Å². The van der Waals surface area contributed by atoms with E-state index in [9.17, 15) is 14.4 Å². The molecule has 0 bridgehead atoms. The number of aliphatic imine (C=N–C) groups is 1. The molecule has 4 aromatic rings. The highest BCUT2D eigenvalue weighted by atomic mass is 16.7. The van der Waals surface area contributed by atoms with E-state index in [1.165, 1.54) is 7.11 Å². The van der Waals surface area contributed by atoms with Gasteiger partial charge in [0.2, 0.25) is 5.91 Å². The number of H-pyrrole nitrogens is 1. The van der Waals surface area contributed by atoms with Crippen LogP contribution in [0.1, 0.15) is 77.7 Å². The van der Waals surface area contributed by atoms with Gasteiger partial charge in [-0.3, -0.25) is 14.7 Å². The van der Waals surface area contributed by atoms with Crippen molar-refractivity contribution in [2.75, 3.05) is 33.4 Å². The number of allylic oxidation sites excluding steroid dienone is 1. The molecular weight excluding hydrogens is 737 g/mol. The first-order valence-corrected chi connectivity index (χ1v) is 20.2. The van der Waals surface area contributed by atoms with Gasteiger partial charge in [0.25, 0.3) is 0 Å². The topological polar surface area (TPSA) is 148 Å². The fraction of sp³-hybridized carbons (Fsp3) is 0.444. The minimum atomic E-state index is -0.920. The lowest BCUT2D eigenvalue weighted by molar-refractivity contribution is -0.153. The summed E-state index contributed by atoms with van der Waals surface area (Å²) in [5.41, 5.74) is 6.73. The van der Waals surface area contributed by atoms with Crippen LogP contribution in [-0.4, -0.2) is 100 Å². The van der Waals surface area contributed by atoms with Gasteiger partial charge in [0, 0.05) is 31.3 Å². The molecule has 0 aliphatic carbocycles. The molecule has 0 radical (unpaired) electrons. The number of rotatable bonds is 8. The molecule has 304 valence electrons. The van der Waals surface area contributed by atoms with Gasteiger partial charge in [-0.25, -0.2) is 14.6 Å². The van der Waals surface area contributed by atoms with Crippen molar-refractivity contribution in [3.05, 3.63) is 84.4 Å². The van der Waals surface area contributed by atoms with Gasteiger partial charge < -0.3 is 34.1 Å². The number of hydrogen-bond acceptors (Lipinski definition) is 9. The van der Waals surface area contributed by atoms with Crippen molar-refractivity contribution in [1.29, 1.82) is 0 Å². The molecular formula is C45H52N6O7. The molecule has 3 atom stereocenters. The number of fused-ring (bicyclic) bond motifs is 1. The number of ether oxygens (including phenoxy) is 4. The molecule has 4 aliphatic rings. The van der Waals surface area contributed by atoms with Crippen LogP contribution in [0.2, 0.25) is 0 Å². The third-order valence-electron chi connectivity index (χ3n) is 11.5. The van der Waals surface area contributed by atoms with E-state index < -0.39 is 29.6 Å². The largest absolute Gasteiger partial charge is 0.453 e. The van der Waals surface area contributed by atoms with Crippen LogP contribution in [0, 0.1) is 5.92 Å². The van der Waals surface area contributed by atoms with Crippen molar-refractivity contribution in [3.8, 4) is 22.4 Å². The highest BCUT2D eigenvalue weighted by Crippen LogP contribution is 2.43. The van der Waals surface area contributed by atoms with Crippen molar-refractivity contribution >= 4 is 40.2 Å². The molecule has 3 fully saturated rings. The quantitative estimate of drug-likeness (QED) is 0.183.